The highest BCUT2D eigenvalue weighted by Gasteiger charge is 2.63. The lowest BCUT2D eigenvalue weighted by molar-refractivity contribution is -0.412. The second-order valence-corrected chi connectivity index (χ2v) is 25.1. The molecular weight excluding hydrogens is 1450 g/mol. The summed E-state index contributed by atoms with van der Waals surface area (Å²) in [6.45, 7) is -0.637. The molecule has 0 spiro atoms. The molecule has 0 saturated carbocycles. The summed E-state index contributed by atoms with van der Waals surface area (Å²) in [5.41, 5.74) is 0. The van der Waals surface area contributed by atoms with Gasteiger partial charge in [0.15, 0.2) is 86.9 Å². The van der Waals surface area contributed by atoms with Crippen molar-refractivity contribution in [3.05, 3.63) is 0 Å². The molecule has 0 unspecified atom stereocenters. The number of hydrogen-bond acceptors (Lipinski definition) is 44. The molecule has 8 aliphatic rings. The van der Waals surface area contributed by atoms with E-state index >= 15 is 0 Å². The minimum Gasteiger partial charge on any atom is -0.479 e. The second kappa shape index (κ2) is 34.9. The molecule has 0 bridgehead atoms. The Labute approximate surface area is 579 Å². The minimum atomic E-state index is -2.95. The van der Waals surface area contributed by atoms with E-state index in [2.05, 4.69) is 0 Å². The highest BCUT2D eigenvalue weighted by Crippen LogP contribution is 2.41. The molecule has 8 aliphatic heterocycles. The van der Waals surface area contributed by atoms with Gasteiger partial charge in [0.25, 0.3) is 0 Å². The third-order valence-corrected chi connectivity index (χ3v) is 18.2. The Kier molecular flexibility index (Phi) is 28.5. The van der Waals surface area contributed by atoms with Crippen molar-refractivity contribution in [2.75, 3.05) is 13.2 Å². The van der Waals surface area contributed by atoms with Gasteiger partial charge in [0.1, 0.15) is 171 Å². The molecule has 28 N–H and O–H groups in total. The first-order chi connectivity index (χ1) is 48.6. The maximum absolute atomic E-state index is 13.7. The Morgan fingerprint density at radius 1 is 0.269 bits per heavy atom. The smallest absolute Gasteiger partial charge is 0.335 e. The molecule has 50 heteroatoms. The van der Waals surface area contributed by atoms with Crippen LogP contribution in [0.3, 0.4) is 0 Å². The Balaban J connectivity index is 1.16. The van der Waals surface area contributed by atoms with Gasteiger partial charge in [0.2, 0.25) is 0 Å². The van der Waals surface area contributed by atoms with Crippen LogP contribution in [0.5, 0.6) is 0 Å². The van der Waals surface area contributed by atoms with E-state index in [1.807, 2.05) is 0 Å². The molecule has 104 heavy (non-hydrogen) atoms. The van der Waals surface area contributed by atoms with Crippen molar-refractivity contribution >= 4 is 35.8 Å². The van der Waals surface area contributed by atoms with Crippen LogP contribution < -0.4 is 0 Å². The van der Waals surface area contributed by atoms with Gasteiger partial charge >= 0.3 is 35.8 Å². The fraction of sp³-hybridized carbons (Fsp3) is 0.889. The number of carboxylic acids is 6. The largest absolute Gasteiger partial charge is 0.479 e. The van der Waals surface area contributed by atoms with Gasteiger partial charge in [-0.1, -0.05) is 0 Å². The summed E-state index contributed by atoms with van der Waals surface area (Å²) in [6.07, 6.45) is -112. The Hall–Kier alpha value is -4.70. The van der Waals surface area contributed by atoms with Crippen molar-refractivity contribution < 1.29 is 248 Å². The summed E-state index contributed by atoms with van der Waals surface area (Å²) < 4.78 is 89.2. The summed E-state index contributed by atoms with van der Waals surface area (Å²) in [5.74, 6) is -12.7. The van der Waals surface area contributed by atoms with Crippen LogP contribution in [-0.4, -0.2) is 462 Å². The number of carboxylic acid groups (broad SMARTS) is 6. The van der Waals surface area contributed by atoms with Gasteiger partial charge in [-0.15, -0.1) is 0 Å². The standard InChI is InChI=1S/C54H82O50/c1-5-9(58)16(65)35(99-51-25(74)28(24(73)34(98-51)44(83)84)92-47-21(70)13(62)18(67)31(95-47)41(77)78)53(89-5)102-38-30(94-49-23(72)15(64)20(69)33(97-49)43(81)82)27(76)52(104-40(38)46(87)88)100-36-17(66)10(59)6(2)90-54(36)101-37-29(93-48-22(71)14(63)19(68)32(96-48)42(79)80)26(75)50(103-39(37)45(85)86)91-8(4-56)12(61)11(60)7(57)3-55/h5-40,47-76H,3-4H2,1-2H3,(H,77,78)(H,79,80)(H,81,82)(H,83,84)(H,85,86)(H,87,88)/t5-,6-,7-,8-,9-,10-,11-,12-,13-,14-,15-,16+,17+,18-,19-,20-,21+,22+,23+,24+,25+,26+,27+,28-,29+,30+,31-,32-,33-,34-,35+,36+,37+,38+,39-,40-,47+,48+,49+,50-,51+,52-,53-,54-/m0/s1. The average Bonchev–Trinajstić information content (AvgIpc) is 0.785. The predicted molar refractivity (Wildman–Crippen MR) is 300 cm³/mol. The number of hydrogen-bond donors (Lipinski definition) is 28. The van der Waals surface area contributed by atoms with Crippen LogP contribution in [0, 0.1) is 0 Å². The monoisotopic (exact) mass is 1530 g/mol. The zero-order chi connectivity index (χ0) is 77.6. The SMILES string of the molecule is C[C@@H]1O[C@@H](O[C@@H]2[C@H](O[C@@H]3O[C@H](C(=O)O)[C@@H](O)[C@H](O)[C@H]3O)[C@@H](O)[C@@H](O[C@H]3[C@H](O[C@@H]4[C@H](O[C@@H]5O[C@H](C(=O)O)[C@@H](O)[C@H](O)[C@H]5O)[C@@H](O)[C@@H](O[C@@H](CO)[C@H](O)[C@@H](O)[C@@H](O)CO)O[C@@H]4C(=O)O)O[C@@H](C)[C@H](O)[C@H]3O)O[C@@H]2C(=O)O)[C@H](O[C@H]2O[C@H](C(=O)O)[C@H](O)[C@H](O[C@@H]3O[C@H](C(=O)O)[C@@H](O)[C@H](O)[C@H]3O)[C@H]2O)[C@H](O)[C@H]1O. The quantitative estimate of drug-likeness (QED) is 0.0363. The molecule has 8 heterocycles. The molecule has 0 aromatic carbocycles. The van der Waals surface area contributed by atoms with Crippen molar-refractivity contribution in [3.63, 3.8) is 0 Å². The number of aliphatic carboxylic acids is 6. The number of carbonyl (C=O) groups is 6. The van der Waals surface area contributed by atoms with Gasteiger partial charge in [-0.25, -0.2) is 28.8 Å². The highest BCUT2D eigenvalue weighted by molar-refractivity contribution is 5.75. The van der Waals surface area contributed by atoms with E-state index in [-0.39, 0.29) is 0 Å². The zero-order valence-corrected chi connectivity index (χ0v) is 53.3. The van der Waals surface area contributed by atoms with E-state index in [1.54, 1.807) is 0 Å². The van der Waals surface area contributed by atoms with Gasteiger partial charge in [-0.05, 0) is 13.8 Å². The van der Waals surface area contributed by atoms with Crippen LogP contribution in [0.1, 0.15) is 13.8 Å². The van der Waals surface area contributed by atoms with Crippen LogP contribution in [-0.2, 0) is 105 Å². The number of aliphatic hydroxyl groups excluding tert-OH is 22. The topological polar surface area (TPSA) is 817 Å². The van der Waals surface area contributed by atoms with Crippen molar-refractivity contribution in [1.29, 1.82) is 0 Å². The first kappa shape index (κ1) is 84.9. The maximum Gasteiger partial charge on any atom is 0.335 e. The van der Waals surface area contributed by atoms with Crippen molar-refractivity contribution in [1.82, 2.24) is 0 Å². The summed E-state index contributed by atoms with van der Waals surface area (Å²) >= 11 is 0. The van der Waals surface area contributed by atoms with Gasteiger partial charge in [-0.3, -0.25) is 0 Å². The van der Waals surface area contributed by atoms with Crippen LogP contribution in [0.4, 0.5) is 0 Å². The molecule has 8 rings (SSSR count). The Bertz CT molecular complexity index is 2880. The molecule has 0 aromatic rings. The zero-order valence-electron chi connectivity index (χ0n) is 53.3. The Morgan fingerprint density at radius 2 is 0.538 bits per heavy atom. The molecule has 0 radical (unpaired) electrons. The van der Waals surface area contributed by atoms with E-state index in [1.165, 1.54) is 0 Å². The van der Waals surface area contributed by atoms with E-state index in [9.17, 15) is 172 Å². The van der Waals surface area contributed by atoms with Crippen LogP contribution in [0.25, 0.3) is 0 Å². The molecule has 8 saturated heterocycles. The molecule has 50 nitrogen and oxygen atoms in total. The lowest BCUT2D eigenvalue weighted by Gasteiger charge is -2.51. The van der Waals surface area contributed by atoms with Gasteiger partial charge in [0.05, 0.1) is 25.4 Å². The molecule has 0 aromatic heterocycles. The van der Waals surface area contributed by atoms with Crippen LogP contribution in [0.15, 0.2) is 0 Å². The highest BCUT2D eigenvalue weighted by atomic mass is 16.8. The number of aliphatic hydroxyl groups is 22. The maximum atomic E-state index is 13.7. The second-order valence-electron chi connectivity index (χ2n) is 25.1. The summed E-state index contributed by atoms with van der Waals surface area (Å²) in [4.78, 5) is 76.0. The predicted octanol–water partition coefficient (Wildman–Crippen LogP) is -18.4. The first-order valence-electron chi connectivity index (χ1n) is 31.3. The fourth-order valence-electron chi connectivity index (χ4n) is 12.2. The number of ether oxygens (including phenoxy) is 16. The number of rotatable bonds is 27. The third-order valence-electron chi connectivity index (χ3n) is 18.2. The minimum absolute atomic E-state index is 0.993. The first-order valence-corrected chi connectivity index (χ1v) is 31.3. The van der Waals surface area contributed by atoms with Gasteiger partial charge in [0, 0.05) is 0 Å². The molecular formula is C54H82O50. The third kappa shape index (κ3) is 17.5. The van der Waals surface area contributed by atoms with E-state index in [0.717, 1.165) is 13.8 Å². The Morgan fingerprint density at radius 3 is 0.865 bits per heavy atom. The van der Waals surface area contributed by atoms with Gasteiger partial charge < -0.3 is 219 Å². The lowest BCUT2D eigenvalue weighted by atomic mass is 9.94. The normalized spacial score (nSPS) is 48.6. The lowest BCUT2D eigenvalue weighted by Crippen LogP contribution is -2.70. The van der Waals surface area contributed by atoms with Crippen molar-refractivity contribution in [3.8, 4) is 0 Å². The molecule has 598 valence electrons. The fourth-order valence-corrected chi connectivity index (χ4v) is 12.2. The van der Waals surface area contributed by atoms with Crippen molar-refractivity contribution in [2.24, 2.45) is 0 Å². The van der Waals surface area contributed by atoms with Gasteiger partial charge in [-0.2, -0.15) is 0 Å². The summed E-state index contributed by atoms with van der Waals surface area (Å²) in [7, 11) is 0. The van der Waals surface area contributed by atoms with Crippen molar-refractivity contribution in [2.45, 2.75) is 284 Å². The molecule has 0 aliphatic carbocycles. The molecule has 44 atom stereocenters. The molecule has 0 amide bonds. The van der Waals surface area contributed by atoms with Crippen LogP contribution in [0.2, 0.25) is 0 Å². The average molecular weight is 1530 g/mol. The van der Waals surface area contributed by atoms with E-state index < -0.39 is 319 Å². The van der Waals surface area contributed by atoms with Crippen LogP contribution >= 0.6 is 0 Å². The summed E-state index contributed by atoms with van der Waals surface area (Å²) in [5, 5.41) is 302. The summed E-state index contributed by atoms with van der Waals surface area (Å²) in [6, 6.07) is 0. The van der Waals surface area contributed by atoms with E-state index in [4.69, 9.17) is 75.8 Å². The van der Waals surface area contributed by atoms with E-state index in [0.29, 0.717) is 0 Å². The molecule has 8 fully saturated rings.